The summed E-state index contributed by atoms with van der Waals surface area (Å²) in [6, 6.07) is 16.8. The van der Waals surface area contributed by atoms with Crippen LogP contribution in [0, 0.1) is 0 Å². The molecule has 0 fully saturated rings. The number of ether oxygens (including phenoxy) is 6. The summed E-state index contributed by atoms with van der Waals surface area (Å²) in [5.41, 5.74) is 2.30. The Morgan fingerprint density at radius 2 is 1.73 bits per heavy atom. The first kappa shape index (κ1) is 35.2. The Balaban J connectivity index is 1.63. The molecule has 1 aliphatic rings. The number of aromatic nitrogens is 1. The van der Waals surface area contributed by atoms with E-state index in [1.165, 1.54) is 23.0 Å². The van der Waals surface area contributed by atoms with Crippen LogP contribution < -0.4 is 33.8 Å². The molecule has 256 valence electrons. The van der Waals surface area contributed by atoms with Gasteiger partial charge in [-0.25, -0.2) is 14.6 Å². The Labute approximate surface area is 291 Å². The number of thiazole rings is 1. The molecule has 2 heterocycles. The molecule has 0 bridgehead atoms. The quantitative estimate of drug-likeness (QED) is 0.177. The molecule has 0 spiro atoms. The summed E-state index contributed by atoms with van der Waals surface area (Å²) in [4.78, 5) is 44.5. The van der Waals surface area contributed by atoms with Crippen LogP contribution in [-0.2, 0) is 25.7 Å². The van der Waals surface area contributed by atoms with E-state index in [1.807, 2.05) is 24.3 Å². The van der Waals surface area contributed by atoms with Crippen molar-refractivity contribution >= 4 is 41.0 Å². The number of allylic oxidation sites excluding steroid dienone is 1. The van der Waals surface area contributed by atoms with E-state index in [-0.39, 0.29) is 31.0 Å². The van der Waals surface area contributed by atoms with Crippen LogP contribution in [0.4, 0.5) is 0 Å². The van der Waals surface area contributed by atoms with E-state index < -0.39 is 18.0 Å². The van der Waals surface area contributed by atoms with Crippen molar-refractivity contribution in [1.82, 2.24) is 4.57 Å². The molecule has 49 heavy (non-hydrogen) atoms. The lowest BCUT2D eigenvalue weighted by atomic mass is 9.95. The monoisotopic (exact) mass is 706 g/mol. The maximum atomic E-state index is 14.3. The van der Waals surface area contributed by atoms with Crippen LogP contribution >= 0.6 is 22.9 Å². The molecule has 0 amide bonds. The molecule has 5 rings (SSSR count). The summed E-state index contributed by atoms with van der Waals surface area (Å²) in [6.07, 6.45) is 1.72. The lowest BCUT2D eigenvalue weighted by molar-refractivity contribution is -0.143. The molecule has 0 saturated heterocycles. The van der Waals surface area contributed by atoms with E-state index in [0.717, 1.165) is 5.56 Å². The number of methoxy groups -OCH3 is 2. The summed E-state index contributed by atoms with van der Waals surface area (Å²) in [5.74, 6) is 0.407. The van der Waals surface area contributed by atoms with Crippen LogP contribution in [0.5, 0.6) is 23.0 Å². The highest BCUT2D eigenvalue weighted by molar-refractivity contribution is 7.07. The van der Waals surface area contributed by atoms with Crippen molar-refractivity contribution in [2.45, 2.75) is 33.4 Å². The third-order valence-electron chi connectivity index (χ3n) is 7.49. The topological polar surface area (TPSA) is 124 Å². The maximum Gasteiger partial charge on any atom is 0.343 e. The van der Waals surface area contributed by atoms with E-state index in [0.29, 0.717) is 60.8 Å². The zero-order valence-corrected chi connectivity index (χ0v) is 29.2. The standard InChI is InChI=1S/C36H35ClN2O9S/c1-6-45-28-17-23(13-16-26(28)47-20-30(40)44-5)32-31(35(42)46-7-2)21(3)38-36-39(32)34(41)29(49-36)18-24-9-8-10-27(43-4)33(24)48-19-22-11-14-25(37)15-12-22/h8-18,32H,6-7,19-20H2,1-5H3/b29-18+/t32-/m0/s1. The summed E-state index contributed by atoms with van der Waals surface area (Å²) >= 11 is 7.23. The van der Waals surface area contributed by atoms with E-state index in [9.17, 15) is 14.4 Å². The minimum absolute atomic E-state index is 0.131. The fourth-order valence-electron chi connectivity index (χ4n) is 5.22. The maximum absolute atomic E-state index is 14.3. The molecule has 11 nitrogen and oxygen atoms in total. The van der Waals surface area contributed by atoms with Gasteiger partial charge in [0, 0.05) is 10.6 Å². The fourth-order valence-corrected chi connectivity index (χ4v) is 6.39. The van der Waals surface area contributed by atoms with Crippen molar-refractivity contribution in [2.75, 3.05) is 34.0 Å². The van der Waals surface area contributed by atoms with E-state index in [1.54, 1.807) is 70.4 Å². The Morgan fingerprint density at radius 3 is 2.43 bits per heavy atom. The minimum atomic E-state index is -0.905. The van der Waals surface area contributed by atoms with Gasteiger partial charge < -0.3 is 28.4 Å². The molecule has 13 heteroatoms. The normalized spacial score (nSPS) is 14.1. The van der Waals surface area contributed by atoms with Crippen LogP contribution in [0.3, 0.4) is 0 Å². The smallest absolute Gasteiger partial charge is 0.343 e. The molecule has 1 aromatic heterocycles. The summed E-state index contributed by atoms with van der Waals surface area (Å²) in [7, 11) is 2.81. The van der Waals surface area contributed by atoms with Crippen molar-refractivity contribution in [2.24, 2.45) is 4.99 Å². The number of carbonyl (C=O) groups is 2. The minimum Gasteiger partial charge on any atom is -0.493 e. The van der Waals surface area contributed by atoms with E-state index in [2.05, 4.69) is 9.73 Å². The zero-order valence-electron chi connectivity index (χ0n) is 27.6. The Bertz CT molecular complexity index is 2070. The second kappa shape index (κ2) is 15.9. The predicted octanol–water partition coefficient (Wildman–Crippen LogP) is 4.99. The molecular weight excluding hydrogens is 672 g/mol. The summed E-state index contributed by atoms with van der Waals surface area (Å²) in [5, 5.41) is 0.619. The number of hydrogen-bond donors (Lipinski definition) is 0. The SMILES string of the molecule is CCOC(=O)C1=C(C)N=c2s/c(=C/c3cccc(OC)c3OCc3ccc(Cl)cc3)c(=O)n2[C@H]1c1ccc(OCC(=O)OC)c(OCC)c1. The highest BCUT2D eigenvalue weighted by Gasteiger charge is 2.34. The van der Waals surface area contributed by atoms with E-state index >= 15 is 0 Å². The number of halogens is 1. The molecule has 4 aromatic rings. The number of rotatable bonds is 13. The number of carbonyl (C=O) groups excluding carboxylic acids is 2. The molecule has 0 radical (unpaired) electrons. The van der Waals surface area contributed by atoms with Gasteiger partial charge in [-0.2, -0.15) is 0 Å². The second-order valence-electron chi connectivity index (χ2n) is 10.6. The van der Waals surface area contributed by atoms with Crippen molar-refractivity contribution in [3.63, 3.8) is 0 Å². The number of nitrogens with zero attached hydrogens (tertiary/aromatic N) is 2. The van der Waals surface area contributed by atoms with Gasteiger partial charge in [-0.15, -0.1) is 0 Å². The van der Waals surface area contributed by atoms with Gasteiger partial charge in [-0.1, -0.05) is 53.3 Å². The summed E-state index contributed by atoms with van der Waals surface area (Å²) < 4.78 is 35.3. The third kappa shape index (κ3) is 7.82. The van der Waals surface area contributed by atoms with Gasteiger partial charge in [-0.3, -0.25) is 9.36 Å². The summed E-state index contributed by atoms with van der Waals surface area (Å²) in [6.45, 7) is 5.56. The highest BCUT2D eigenvalue weighted by Crippen LogP contribution is 2.37. The average molecular weight is 707 g/mol. The molecule has 0 saturated carbocycles. The number of hydrogen-bond acceptors (Lipinski definition) is 11. The molecule has 3 aromatic carbocycles. The van der Waals surface area contributed by atoms with Crippen LogP contribution in [0.15, 0.2) is 81.7 Å². The molecule has 1 atom stereocenters. The molecule has 1 aliphatic heterocycles. The number of esters is 2. The van der Waals surface area contributed by atoms with Gasteiger partial charge in [0.15, 0.2) is 34.4 Å². The van der Waals surface area contributed by atoms with Crippen LogP contribution in [0.1, 0.15) is 43.5 Å². The zero-order chi connectivity index (χ0) is 35.1. The number of benzene rings is 3. The van der Waals surface area contributed by atoms with Gasteiger partial charge in [-0.05, 0) is 68.3 Å². The van der Waals surface area contributed by atoms with Gasteiger partial charge in [0.2, 0.25) is 0 Å². The van der Waals surface area contributed by atoms with Crippen molar-refractivity contribution in [3.8, 4) is 23.0 Å². The lowest BCUT2D eigenvalue weighted by Gasteiger charge is -2.25. The number of para-hydroxylation sites is 1. The molecular formula is C36H35ClN2O9S. The van der Waals surface area contributed by atoms with Gasteiger partial charge in [0.05, 0.1) is 49.3 Å². The Hall–Kier alpha value is -5.07. The average Bonchev–Trinajstić information content (AvgIpc) is 3.40. The largest absolute Gasteiger partial charge is 0.493 e. The second-order valence-corrected chi connectivity index (χ2v) is 12.0. The van der Waals surface area contributed by atoms with Crippen LogP contribution in [0.25, 0.3) is 6.08 Å². The van der Waals surface area contributed by atoms with Crippen molar-refractivity contribution in [1.29, 1.82) is 0 Å². The molecule has 0 aliphatic carbocycles. The van der Waals surface area contributed by atoms with Gasteiger partial charge in [0.1, 0.15) is 6.61 Å². The van der Waals surface area contributed by atoms with E-state index in [4.69, 9.17) is 35.3 Å². The first-order valence-corrected chi connectivity index (χ1v) is 16.6. The number of fused-ring (bicyclic) bond motifs is 1. The highest BCUT2D eigenvalue weighted by atomic mass is 35.5. The Kier molecular flexibility index (Phi) is 11.4. The molecule has 0 unspecified atom stereocenters. The Morgan fingerprint density at radius 1 is 0.959 bits per heavy atom. The fraction of sp³-hybridized carbons (Fsp3) is 0.278. The molecule has 0 N–H and O–H groups in total. The third-order valence-corrected chi connectivity index (χ3v) is 8.72. The first-order valence-electron chi connectivity index (χ1n) is 15.4. The predicted molar refractivity (Wildman–Crippen MR) is 184 cm³/mol. The van der Waals surface area contributed by atoms with Crippen molar-refractivity contribution in [3.05, 3.63) is 113 Å². The van der Waals surface area contributed by atoms with Crippen LogP contribution in [0.2, 0.25) is 5.02 Å². The van der Waals surface area contributed by atoms with Crippen LogP contribution in [-0.4, -0.2) is 50.5 Å². The van der Waals surface area contributed by atoms with Crippen molar-refractivity contribution < 1.29 is 38.0 Å². The van der Waals surface area contributed by atoms with Gasteiger partial charge in [0.25, 0.3) is 5.56 Å². The van der Waals surface area contributed by atoms with Gasteiger partial charge >= 0.3 is 11.9 Å². The lowest BCUT2D eigenvalue weighted by Crippen LogP contribution is -2.40. The first-order chi connectivity index (χ1) is 23.7.